The highest BCUT2D eigenvalue weighted by Crippen LogP contribution is 2.54. The minimum atomic E-state index is -0.569. The summed E-state index contributed by atoms with van der Waals surface area (Å²) < 4.78 is 6.09. The van der Waals surface area contributed by atoms with Crippen LogP contribution in [0, 0.1) is 16.0 Å². The van der Waals surface area contributed by atoms with E-state index in [2.05, 4.69) is 0 Å². The molecule has 2 aliphatic carbocycles. The van der Waals surface area contributed by atoms with Crippen molar-refractivity contribution in [3.05, 3.63) is 57.7 Å². The summed E-state index contributed by atoms with van der Waals surface area (Å²) in [4.78, 5) is 26.2. The molecule has 4 rings (SSSR count). The lowest BCUT2D eigenvalue weighted by Gasteiger charge is -2.43. The van der Waals surface area contributed by atoms with Crippen molar-refractivity contribution in [2.75, 3.05) is 5.23 Å². The lowest BCUT2D eigenvalue weighted by molar-refractivity contribution is -0.123. The Balaban J connectivity index is 1.96. The minimum Gasteiger partial charge on any atom is -0.733 e. The molecule has 1 aromatic rings. The average Bonchev–Trinajstić information content (AvgIpc) is 2.59. The summed E-state index contributed by atoms with van der Waals surface area (Å²) in [6, 6.07) is 6.68. The smallest absolute Gasteiger partial charge is 0.198 e. The van der Waals surface area contributed by atoms with E-state index < -0.39 is 5.92 Å². The van der Waals surface area contributed by atoms with E-state index in [-0.39, 0.29) is 33.3 Å². The number of ketones is 2. The van der Waals surface area contributed by atoms with Crippen molar-refractivity contribution < 1.29 is 19.5 Å². The molecule has 1 aromatic carbocycles. The van der Waals surface area contributed by atoms with Crippen LogP contribution < -0.4 is 5.23 Å². The van der Waals surface area contributed by atoms with Crippen LogP contribution in [-0.4, -0.2) is 16.8 Å². The zero-order valence-electron chi connectivity index (χ0n) is 17.2. The van der Waals surface area contributed by atoms with Crippen LogP contribution in [0.5, 0.6) is 0 Å². The Morgan fingerprint density at radius 3 is 2.31 bits per heavy atom. The Hall–Kier alpha value is -2.44. The van der Waals surface area contributed by atoms with Crippen molar-refractivity contribution in [3.8, 4) is 0 Å². The Kier molecular flexibility index (Phi) is 4.48. The monoisotopic (exact) mass is 396 g/mol. The van der Waals surface area contributed by atoms with Crippen LogP contribution in [0.3, 0.4) is 0 Å². The van der Waals surface area contributed by atoms with E-state index in [1.165, 1.54) is 6.07 Å². The summed E-state index contributed by atoms with van der Waals surface area (Å²) in [7, 11) is 0. The highest BCUT2D eigenvalue weighted by atomic mass is 16.8. The van der Waals surface area contributed by atoms with E-state index in [1.807, 2.05) is 27.7 Å². The molecule has 0 radical (unpaired) electrons. The molecule has 6 nitrogen and oxygen atoms in total. The first-order valence-electron chi connectivity index (χ1n) is 9.94. The van der Waals surface area contributed by atoms with Gasteiger partial charge >= 0.3 is 0 Å². The van der Waals surface area contributed by atoms with Gasteiger partial charge in [0.05, 0.1) is 5.69 Å². The molecule has 0 saturated heterocycles. The third-order valence-corrected chi connectivity index (χ3v) is 6.05. The van der Waals surface area contributed by atoms with Crippen molar-refractivity contribution in [1.82, 2.24) is 0 Å². The molecule has 154 valence electrons. The van der Waals surface area contributed by atoms with E-state index in [0.717, 1.165) is 5.57 Å². The standard InChI is InChI=1S/C23H26NO5/c1-22(2)9-14-19(13-7-5-6-8-15(13)24(27)28)20-16(25)10-23(3,4)12-18(20)29-21(14)17(26)11-22/h5-8,19,27H,9-12H2,1-4H3/q-1. The fourth-order valence-corrected chi connectivity index (χ4v) is 4.95. The van der Waals surface area contributed by atoms with Gasteiger partial charge in [-0.05, 0) is 34.5 Å². The lowest BCUT2D eigenvalue weighted by Crippen LogP contribution is -2.37. The van der Waals surface area contributed by atoms with Gasteiger partial charge in [-0.2, -0.15) is 0 Å². The van der Waals surface area contributed by atoms with Gasteiger partial charge in [0.1, 0.15) is 5.76 Å². The van der Waals surface area contributed by atoms with Gasteiger partial charge in [0.15, 0.2) is 17.3 Å². The number of benzene rings is 1. The predicted molar refractivity (Wildman–Crippen MR) is 108 cm³/mol. The lowest BCUT2D eigenvalue weighted by atomic mass is 9.65. The maximum Gasteiger partial charge on any atom is 0.198 e. The van der Waals surface area contributed by atoms with Crippen LogP contribution >= 0.6 is 0 Å². The number of anilines is 1. The maximum atomic E-state index is 13.2. The third kappa shape index (κ3) is 3.40. The normalized spacial score (nSPS) is 25.4. The number of rotatable bonds is 2. The first-order valence-corrected chi connectivity index (χ1v) is 9.94. The number of carbonyl (C=O) groups excluding carboxylic acids is 2. The van der Waals surface area contributed by atoms with Gasteiger partial charge in [-0.15, -0.1) is 0 Å². The van der Waals surface area contributed by atoms with E-state index in [4.69, 9.17) is 4.74 Å². The first kappa shape index (κ1) is 19.9. The Morgan fingerprint density at radius 1 is 1.00 bits per heavy atom. The zero-order valence-corrected chi connectivity index (χ0v) is 17.2. The molecule has 29 heavy (non-hydrogen) atoms. The van der Waals surface area contributed by atoms with E-state index >= 15 is 0 Å². The van der Waals surface area contributed by atoms with Gasteiger partial charge < -0.3 is 15.2 Å². The highest BCUT2D eigenvalue weighted by molar-refractivity contribution is 6.03. The molecule has 0 spiro atoms. The second-order valence-corrected chi connectivity index (χ2v) is 9.94. The topological polar surface area (TPSA) is 89.9 Å². The molecule has 0 fully saturated rings. The van der Waals surface area contributed by atoms with Gasteiger partial charge in [0.2, 0.25) is 0 Å². The summed E-state index contributed by atoms with van der Waals surface area (Å²) in [6.45, 7) is 8.03. The fraction of sp³-hybridized carbons (Fsp3) is 0.478. The second kappa shape index (κ2) is 6.54. The Morgan fingerprint density at radius 2 is 1.62 bits per heavy atom. The zero-order chi connectivity index (χ0) is 21.1. The van der Waals surface area contributed by atoms with Gasteiger partial charge in [0.25, 0.3) is 0 Å². The number of para-hydroxylation sites is 1. The van der Waals surface area contributed by atoms with Crippen molar-refractivity contribution >= 4 is 17.3 Å². The molecule has 1 aliphatic heterocycles. The average molecular weight is 396 g/mol. The van der Waals surface area contributed by atoms with Crippen LogP contribution in [0.25, 0.3) is 0 Å². The highest BCUT2D eigenvalue weighted by Gasteiger charge is 2.47. The van der Waals surface area contributed by atoms with Gasteiger partial charge in [-0.25, -0.2) is 0 Å². The molecule has 6 heteroatoms. The maximum absolute atomic E-state index is 13.2. The summed E-state index contributed by atoms with van der Waals surface area (Å²) >= 11 is 0. The largest absolute Gasteiger partial charge is 0.733 e. The summed E-state index contributed by atoms with van der Waals surface area (Å²) in [5.74, 6) is 0.149. The van der Waals surface area contributed by atoms with Crippen LogP contribution in [0.2, 0.25) is 0 Å². The molecular weight excluding hydrogens is 370 g/mol. The third-order valence-electron chi connectivity index (χ3n) is 6.05. The summed E-state index contributed by atoms with van der Waals surface area (Å²) in [5, 5.41) is 21.4. The van der Waals surface area contributed by atoms with Gasteiger partial charge in [-0.3, -0.25) is 14.8 Å². The van der Waals surface area contributed by atoms with Crippen molar-refractivity contribution in [3.63, 3.8) is 0 Å². The number of allylic oxidation sites excluding steroid dienone is 4. The Bertz CT molecular complexity index is 967. The van der Waals surface area contributed by atoms with E-state index in [1.54, 1.807) is 18.2 Å². The number of hydrogen-bond donors (Lipinski definition) is 1. The molecule has 0 bridgehead atoms. The quantitative estimate of drug-likeness (QED) is 0.724. The minimum absolute atomic E-state index is 0.0335. The molecule has 1 N–H and O–H groups in total. The van der Waals surface area contributed by atoms with Gasteiger partial charge in [-0.1, -0.05) is 45.9 Å². The van der Waals surface area contributed by atoms with Crippen molar-refractivity contribution in [2.24, 2.45) is 10.8 Å². The molecular formula is C23H26NO5-. The number of ether oxygens (including phenoxy) is 1. The first-order chi connectivity index (χ1) is 13.5. The van der Waals surface area contributed by atoms with Crippen molar-refractivity contribution in [1.29, 1.82) is 0 Å². The van der Waals surface area contributed by atoms with Gasteiger partial charge in [0, 0.05) is 30.8 Å². The number of Topliss-reactive ketones (excluding diaryl/α,β-unsaturated/α-hetero) is 2. The molecule has 1 heterocycles. The SMILES string of the molecule is CC1(C)CC(=O)C2=C(C1)OC1=C(CC(C)(C)CC1=O)C2c1ccccc1N([O-])O. The van der Waals surface area contributed by atoms with Crippen LogP contribution in [0.1, 0.15) is 64.9 Å². The molecule has 0 aromatic heterocycles. The number of nitrogens with zero attached hydrogens (tertiary/aromatic N) is 1. The van der Waals surface area contributed by atoms with Crippen LogP contribution in [-0.2, 0) is 14.3 Å². The molecule has 1 unspecified atom stereocenters. The van der Waals surface area contributed by atoms with E-state index in [0.29, 0.717) is 48.3 Å². The molecule has 0 amide bonds. The predicted octanol–water partition coefficient (Wildman–Crippen LogP) is 4.78. The van der Waals surface area contributed by atoms with Crippen LogP contribution in [0.15, 0.2) is 46.9 Å². The van der Waals surface area contributed by atoms with E-state index in [9.17, 15) is 20.0 Å². The van der Waals surface area contributed by atoms with Crippen molar-refractivity contribution in [2.45, 2.75) is 59.3 Å². The summed E-state index contributed by atoms with van der Waals surface area (Å²) in [6.07, 6.45) is 1.85. The summed E-state index contributed by atoms with van der Waals surface area (Å²) in [5.41, 5.74) is 1.29. The fourth-order valence-electron chi connectivity index (χ4n) is 4.95. The molecule has 0 saturated carbocycles. The molecule has 1 atom stereocenters. The number of carbonyl (C=O) groups is 2. The number of hydrogen-bond acceptors (Lipinski definition) is 6. The Labute approximate surface area is 170 Å². The second-order valence-electron chi connectivity index (χ2n) is 9.94. The molecule has 3 aliphatic rings. The van der Waals surface area contributed by atoms with Crippen LogP contribution in [0.4, 0.5) is 5.69 Å².